The molecule has 1 amide bonds. The lowest BCUT2D eigenvalue weighted by molar-refractivity contribution is -0.121. The van der Waals surface area contributed by atoms with Crippen LogP contribution in [0.4, 0.5) is 0 Å². The van der Waals surface area contributed by atoms with E-state index < -0.39 is 0 Å². The molecule has 0 bridgehead atoms. The summed E-state index contributed by atoms with van der Waals surface area (Å²) < 4.78 is 1.17. The molecule has 0 fully saturated rings. The number of halogens is 1. The Bertz CT molecular complexity index is 480. The van der Waals surface area contributed by atoms with Crippen LogP contribution in [0.5, 0.6) is 0 Å². The Morgan fingerprint density at radius 1 is 1.42 bits per heavy atom. The Hall–Kier alpha value is -0.870. The number of carbonyl (C=O) groups excluding carboxylic acids is 1. The van der Waals surface area contributed by atoms with Gasteiger partial charge in [0.05, 0.1) is 6.54 Å². The van der Waals surface area contributed by atoms with Crippen molar-refractivity contribution >= 4 is 21.8 Å². The Balaban J connectivity index is 1.93. The summed E-state index contributed by atoms with van der Waals surface area (Å²) in [6.45, 7) is 6.35. The Morgan fingerprint density at radius 2 is 2.16 bits per heavy atom. The maximum Gasteiger partial charge on any atom is 0.234 e. The first kappa shape index (κ1) is 14.5. The summed E-state index contributed by atoms with van der Waals surface area (Å²) in [7, 11) is 0. The van der Waals surface area contributed by atoms with E-state index in [0.717, 1.165) is 12.8 Å². The first-order chi connectivity index (χ1) is 8.87. The molecule has 3 nitrogen and oxygen atoms in total. The van der Waals surface area contributed by atoms with Gasteiger partial charge in [0.1, 0.15) is 0 Å². The van der Waals surface area contributed by atoms with E-state index >= 15 is 0 Å². The van der Waals surface area contributed by atoms with Gasteiger partial charge < -0.3 is 10.6 Å². The topological polar surface area (TPSA) is 41.1 Å². The lowest BCUT2D eigenvalue weighted by Gasteiger charge is -2.21. The average molecular weight is 325 g/mol. The molecule has 1 unspecified atom stereocenters. The summed E-state index contributed by atoms with van der Waals surface area (Å²) in [5.41, 5.74) is 2.52. The number of hydrogen-bond acceptors (Lipinski definition) is 2. The second-order valence-corrected chi connectivity index (χ2v) is 6.93. The fourth-order valence-corrected chi connectivity index (χ4v) is 3.08. The minimum absolute atomic E-state index is 0.0518. The van der Waals surface area contributed by atoms with Crippen LogP contribution in [-0.2, 0) is 11.2 Å². The maximum absolute atomic E-state index is 11.8. The molecule has 0 heterocycles. The van der Waals surface area contributed by atoms with E-state index in [4.69, 9.17) is 0 Å². The van der Waals surface area contributed by atoms with Crippen molar-refractivity contribution in [3.05, 3.63) is 33.8 Å². The van der Waals surface area contributed by atoms with Crippen LogP contribution in [0.1, 0.15) is 44.4 Å². The van der Waals surface area contributed by atoms with E-state index in [1.165, 1.54) is 15.6 Å². The van der Waals surface area contributed by atoms with Gasteiger partial charge in [0, 0.05) is 16.1 Å². The Morgan fingerprint density at radius 3 is 2.84 bits per heavy atom. The highest BCUT2D eigenvalue weighted by Gasteiger charge is 2.24. The zero-order valence-corrected chi connectivity index (χ0v) is 13.3. The van der Waals surface area contributed by atoms with E-state index in [1.54, 1.807) is 0 Å². The van der Waals surface area contributed by atoms with Crippen LogP contribution in [0.15, 0.2) is 22.7 Å². The molecule has 1 aliphatic carbocycles. The molecule has 2 N–H and O–H groups in total. The number of carbonyl (C=O) groups is 1. The fraction of sp³-hybridized carbons (Fsp3) is 0.533. The van der Waals surface area contributed by atoms with Gasteiger partial charge in [-0.2, -0.15) is 0 Å². The predicted octanol–water partition coefficient (Wildman–Crippen LogP) is 2.94. The molecule has 0 aromatic heterocycles. The van der Waals surface area contributed by atoms with Crippen molar-refractivity contribution in [3.8, 4) is 0 Å². The molecule has 0 saturated heterocycles. The van der Waals surface area contributed by atoms with Crippen LogP contribution in [0.2, 0.25) is 0 Å². The Labute approximate surface area is 123 Å². The van der Waals surface area contributed by atoms with Crippen LogP contribution in [0.3, 0.4) is 0 Å². The second-order valence-electron chi connectivity index (χ2n) is 6.08. The van der Waals surface area contributed by atoms with Crippen molar-refractivity contribution in [2.24, 2.45) is 0 Å². The highest BCUT2D eigenvalue weighted by molar-refractivity contribution is 9.10. The lowest BCUT2D eigenvalue weighted by atomic mass is 10.1. The minimum Gasteiger partial charge on any atom is -0.350 e. The maximum atomic E-state index is 11.8. The van der Waals surface area contributed by atoms with Crippen LogP contribution >= 0.6 is 15.9 Å². The van der Waals surface area contributed by atoms with E-state index in [2.05, 4.69) is 44.8 Å². The van der Waals surface area contributed by atoms with Gasteiger partial charge in [-0.25, -0.2) is 0 Å². The van der Waals surface area contributed by atoms with Gasteiger partial charge >= 0.3 is 0 Å². The number of fused-ring (bicyclic) bond motifs is 1. The molecular weight excluding hydrogens is 304 g/mol. The largest absolute Gasteiger partial charge is 0.350 e. The highest BCUT2D eigenvalue weighted by atomic mass is 79.9. The van der Waals surface area contributed by atoms with Gasteiger partial charge in [-0.15, -0.1) is 0 Å². The molecule has 104 valence electrons. The van der Waals surface area contributed by atoms with Gasteiger partial charge in [0.15, 0.2) is 0 Å². The summed E-state index contributed by atoms with van der Waals surface area (Å²) in [5, 5.41) is 6.32. The molecule has 0 spiro atoms. The van der Waals surface area contributed by atoms with E-state index in [9.17, 15) is 4.79 Å². The molecule has 1 aromatic rings. The van der Waals surface area contributed by atoms with Gasteiger partial charge in [0.25, 0.3) is 0 Å². The number of nitrogens with one attached hydrogen (secondary N) is 2. The van der Waals surface area contributed by atoms with Gasteiger partial charge in [-0.05, 0) is 50.8 Å². The predicted molar refractivity (Wildman–Crippen MR) is 81.1 cm³/mol. The van der Waals surface area contributed by atoms with Crippen molar-refractivity contribution in [1.82, 2.24) is 10.6 Å². The summed E-state index contributed by atoms with van der Waals surface area (Å²) >= 11 is 3.59. The van der Waals surface area contributed by atoms with Crippen LogP contribution in [-0.4, -0.2) is 18.0 Å². The van der Waals surface area contributed by atoms with Gasteiger partial charge in [0.2, 0.25) is 5.91 Å². The highest BCUT2D eigenvalue weighted by Crippen LogP contribution is 2.35. The third kappa shape index (κ3) is 3.80. The number of amides is 1. The monoisotopic (exact) mass is 324 g/mol. The van der Waals surface area contributed by atoms with Crippen molar-refractivity contribution in [2.75, 3.05) is 6.54 Å². The van der Waals surface area contributed by atoms with Crippen molar-refractivity contribution in [2.45, 2.75) is 45.2 Å². The van der Waals surface area contributed by atoms with E-state index in [1.807, 2.05) is 20.8 Å². The van der Waals surface area contributed by atoms with Crippen molar-refractivity contribution < 1.29 is 4.79 Å². The molecule has 0 saturated carbocycles. The summed E-state index contributed by atoms with van der Waals surface area (Å²) in [4.78, 5) is 11.8. The number of benzene rings is 1. The average Bonchev–Trinajstić information content (AvgIpc) is 2.69. The normalized spacial score (nSPS) is 18.2. The zero-order valence-electron chi connectivity index (χ0n) is 11.7. The molecule has 0 aliphatic heterocycles. The Kier molecular flexibility index (Phi) is 4.31. The summed E-state index contributed by atoms with van der Waals surface area (Å²) in [6.07, 6.45) is 2.12. The first-order valence-electron chi connectivity index (χ1n) is 6.68. The smallest absolute Gasteiger partial charge is 0.234 e. The molecular formula is C15H21BrN2O. The zero-order chi connectivity index (χ0) is 14.0. The molecule has 19 heavy (non-hydrogen) atoms. The third-order valence-electron chi connectivity index (χ3n) is 3.24. The van der Waals surface area contributed by atoms with Crippen LogP contribution < -0.4 is 10.6 Å². The summed E-state index contributed by atoms with van der Waals surface area (Å²) in [5.74, 6) is 0.0518. The molecule has 0 radical (unpaired) electrons. The van der Waals surface area contributed by atoms with E-state index in [-0.39, 0.29) is 11.4 Å². The summed E-state index contributed by atoms with van der Waals surface area (Å²) in [6, 6.07) is 6.57. The van der Waals surface area contributed by atoms with Crippen LogP contribution in [0.25, 0.3) is 0 Å². The van der Waals surface area contributed by atoms with Gasteiger partial charge in [-0.1, -0.05) is 28.1 Å². The van der Waals surface area contributed by atoms with Gasteiger partial charge in [-0.3, -0.25) is 4.79 Å². The lowest BCUT2D eigenvalue weighted by Crippen LogP contribution is -2.45. The standard InChI is InChI=1S/C15H21BrN2O/c1-15(2,3)18-14(19)9-17-13-8-7-10-11(13)5-4-6-12(10)16/h4-6,13,17H,7-9H2,1-3H3,(H,18,19). The molecule has 4 heteroatoms. The SMILES string of the molecule is CC(C)(C)NC(=O)CNC1CCc2c(Br)cccc21. The quantitative estimate of drug-likeness (QED) is 0.897. The number of rotatable bonds is 3. The molecule has 1 aromatic carbocycles. The minimum atomic E-state index is -0.171. The fourth-order valence-electron chi connectivity index (χ4n) is 2.50. The molecule has 1 atom stereocenters. The van der Waals surface area contributed by atoms with Crippen molar-refractivity contribution in [1.29, 1.82) is 0 Å². The number of hydrogen-bond donors (Lipinski definition) is 2. The van der Waals surface area contributed by atoms with E-state index in [0.29, 0.717) is 12.6 Å². The van der Waals surface area contributed by atoms with Crippen LogP contribution in [0, 0.1) is 0 Å². The second kappa shape index (κ2) is 5.63. The third-order valence-corrected chi connectivity index (χ3v) is 3.98. The first-order valence-corrected chi connectivity index (χ1v) is 7.48. The molecule has 2 rings (SSSR count). The molecule has 1 aliphatic rings. The van der Waals surface area contributed by atoms with Crippen molar-refractivity contribution in [3.63, 3.8) is 0 Å².